The Morgan fingerprint density at radius 2 is 2.13 bits per heavy atom. The Hall–Kier alpha value is -0.650. The summed E-state index contributed by atoms with van der Waals surface area (Å²) in [6, 6.07) is -0.814. The normalized spacial score (nSPS) is 12.7. The van der Waals surface area contributed by atoms with E-state index < -0.39 is 12.0 Å². The lowest BCUT2D eigenvalue weighted by atomic mass is 10.3. The number of aliphatic carboxylic acids is 1. The molecule has 0 fully saturated rings. The Kier molecular flexibility index (Phi) is 9.46. The molecule has 90 valence electrons. The van der Waals surface area contributed by atoms with Gasteiger partial charge in [-0.15, -0.1) is 0 Å². The molecule has 0 aromatic heterocycles. The summed E-state index contributed by atoms with van der Waals surface area (Å²) in [5, 5.41) is 11.5. The maximum Gasteiger partial charge on any atom is 0.321 e. The van der Waals surface area contributed by atoms with Crippen molar-refractivity contribution in [3.8, 4) is 0 Å². The zero-order chi connectivity index (χ0) is 11.5. The van der Waals surface area contributed by atoms with Gasteiger partial charge in [-0.3, -0.25) is 4.79 Å². The van der Waals surface area contributed by atoms with E-state index in [4.69, 9.17) is 15.6 Å². The summed E-state index contributed by atoms with van der Waals surface area (Å²) in [7, 11) is 0. The molecule has 0 aliphatic rings. The van der Waals surface area contributed by atoms with Gasteiger partial charge in [-0.25, -0.2) is 0 Å². The van der Waals surface area contributed by atoms with E-state index in [1.165, 1.54) is 0 Å². The summed E-state index contributed by atoms with van der Waals surface area (Å²) in [6.45, 7) is 4.70. The first-order valence-electron chi connectivity index (χ1n) is 5.45. The number of rotatable bonds is 10. The van der Waals surface area contributed by atoms with E-state index in [-0.39, 0.29) is 0 Å². The smallest absolute Gasteiger partial charge is 0.321 e. The molecule has 0 saturated carbocycles. The van der Waals surface area contributed by atoms with Crippen LogP contribution in [0.4, 0.5) is 0 Å². The van der Waals surface area contributed by atoms with E-state index >= 15 is 0 Å². The average molecular weight is 218 g/mol. The van der Waals surface area contributed by atoms with E-state index in [1.807, 2.05) is 0 Å². The van der Waals surface area contributed by atoms with Gasteiger partial charge in [-0.1, -0.05) is 13.3 Å². The third-order valence-corrected chi connectivity index (χ3v) is 1.97. The average Bonchev–Trinajstić information content (AvgIpc) is 2.21. The summed E-state index contributed by atoms with van der Waals surface area (Å²) in [5.74, 6) is -0.971. The van der Waals surface area contributed by atoms with Crippen molar-refractivity contribution in [2.75, 3.05) is 26.3 Å². The highest BCUT2D eigenvalue weighted by atomic mass is 16.5. The minimum absolute atomic E-state index is 0.310. The number of hydrogen-bond donors (Lipinski definition) is 3. The number of carbonyl (C=O) groups is 1. The van der Waals surface area contributed by atoms with Crippen LogP contribution in [0.2, 0.25) is 0 Å². The van der Waals surface area contributed by atoms with Crippen molar-refractivity contribution >= 4 is 5.97 Å². The number of hydrogen-bond acceptors (Lipinski definition) is 4. The molecule has 15 heavy (non-hydrogen) atoms. The van der Waals surface area contributed by atoms with Gasteiger partial charge >= 0.3 is 5.97 Å². The lowest BCUT2D eigenvalue weighted by molar-refractivity contribution is -0.138. The van der Waals surface area contributed by atoms with Crippen molar-refractivity contribution in [1.29, 1.82) is 0 Å². The molecule has 1 atom stereocenters. The van der Waals surface area contributed by atoms with Gasteiger partial charge in [-0.05, 0) is 19.4 Å². The molecule has 0 spiro atoms. The highest BCUT2D eigenvalue weighted by molar-refractivity contribution is 5.73. The standard InChI is InChI=1S/C10H22N2O3/c1-2-3-6-15-7-4-5-12-8-9(11)10(13)14/h9,12H,2-8,11H2,1H3,(H,13,14). The van der Waals surface area contributed by atoms with Crippen LogP contribution in [0.3, 0.4) is 0 Å². The van der Waals surface area contributed by atoms with Gasteiger partial charge in [0.05, 0.1) is 0 Å². The molecule has 0 aromatic carbocycles. The summed E-state index contributed by atoms with van der Waals surface area (Å²) in [5.41, 5.74) is 5.30. The molecule has 5 heteroatoms. The molecular weight excluding hydrogens is 196 g/mol. The van der Waals surface area contributed by atoms with Crippen LogP contribution in [0.1, 0.15) is 26.2 Å². The molecule has 0 aliphatic carbocycles. The lowest BCUT2D eigenvalue weighted by Gasteiger charge is -2.08. The van der Waals surface area contributed by atoms with E-state index in [0.717, 1.165) is 39.0 Å². The topological polar surface area (TPSA) is 84.6 Å². The third kappa shape index (κ3) is 9.65. The quantitative estimate of drug-likeness (QED) is 0.456. The number of carboxylic acid groups (broad SMARTS) is 1. The van der Waals surface area contributed by atoms with Gasteiger partial charge in [0.1, 0.15) is 6.04 Å². The predicted octanol–water partition coefficient (Wildman–Crippen LogP) is 0.195. The molecule has 1 unspecified atom stereocenters. The van der Waals surface area contributed by atoms with Crippen LogP contribution in [-0.4, -0.2) is 43.4 Å². The van der Waals surface area contributed by atoms with E-state index in [9.17, 15) is 4.79 Å². The maximum absolute atomic E-state index is 10.3. The first-order chi connectivity index (χ1) is 7.18. The third-order valence-electron chi connectivity index (χ3n) is 1.97. The van der Waals surface area contributed by atoms with Gasteiger partial charge in [0.2, 0.25) is 0 Å². The molecule has 0 aromatic rings. The molecule has 0 heterocycles. The summed E-state index contributed by atoms with van der Waals surface area (Å²) >= 11 is 0. The second-order valence-corrected chi connectivity index (χ2v) is 3.47. The molecule has 0 aliphatic heterocycles. The summed E-state index contributed by atoms with van der Waals surface area (Å²) in [6.07, 6.45) is 3.12. The van der Waals surface area contributed by atoms with Crippen LogP contribution in [0.15, 0.2) is 0 Å². The van der Waals surface area contributed by atoms with Crippen molar-refractivity contribution in [1.82, 2.24) is 5.32 Å². The fourth-order valence-electron chi connectivity index (χ4n) is 0.993. The van der Waals surface area contributed by atoms with Crippen LogP contribution in [0.5, 0.6) is 0 Å². The molecule has 4 N–H and O–H groups in total. The number of carboxylic acids is 1. The van der Waals surface area contributed by atoms with Gasteiger partial charge in [0.25, 0.3) is 0 Å². The predicted molar refractivity (Wildman–Crippen MR) is 58.8 cm³/mol. The monoisotopic (exact) mass is 218 g/mol. The van der Waals surface area contributed by atoms with Crippen LogP contribution in [0.25, 0.3) is 0 Å². The lowest BCUT2D eigenvalue weighted by Crippen LogP contribution is -2.40. The second-order valence-electron chi connectivity index (χ2n) is 3.47. The molecule has 0 radical (unpaired) electrons. The van der Waals surface area contributed by atoms with Crippen molar-refractivity contribution < 1.29 is 14.6 Å². The second kappa shape index (κ2) is 9.89. The Balaban J connectivity index is 3.08. The summed E-state index contributed by atoms with van der Waals surface area (Å²) < 4.78 is 5.34. The number of ether oxygens (including phenoxy) is 1. The van der Waals surface area contributed by atoms with Crippen LogP contribution in [-0.2, 0) is 9.53 Å². The first kappa shape index (κ1) is 14.3. The van der Waals surface area contributed by atoms with Gasteiger partial charge in [0, 0.05) is 19.8 Å². The number of nitrogens with two attached hydrogens (primary N) is 1. The van der Waals surface area contributed by atoms with Crippen LogP contribution < -0.4 is 11.1 Å². The van der Waals surface area contributed by atoms with E-state index in [1.54, 1.807) is 0 Å². The fourth-order valence-corrected chi connectivity index (χ4v) is 0.993. The minimum Gasteiger partial charge on any atom is -0.480 e. The Morgan fingerprint density at radius 3 is 2.73 bits per heavy atom. The highest BCUT2D eigenvalue weighted by Crippen LogP contribution is 1.89. The Morgan fingerprint density at radius 1 is 1.47 bits per heavy atom. The van der Waals surface area contributed by atoms with E-state index in [0.29, 0.717) is 6.54 Å². The van der Waals surface area contributed by atoms with Crippen molar-refractivity contribution in [3.05, 3.63) is 0 Å². The molecule has 5 nitrogen and oxygen atoms in total. The van der Waals surface area contributed by atoms with Gasteiger partial charge < -0.3 is 20.9 Å². The number of unbranched alkanes of at least 4 members (excludes halogenated alkanes) is 1. The van der Waals surface area contributed by atoms with Crippen LogP contribution >= 0.6 is 0 Å². The van der Waals surface area contributed by atoms with Crippen molar-refractivity contribution in [2.45, 2.75) is 32.2 Å². The van der Waals surface area contributed by atoms with Gasteiger partial charge in [0.15, 0.2) is 0 Å². The van der Waals surface area contributed by atoms with E-state index in [2.05, 4.69) is 12.2 Å². The molecular formula is C10H22N2O3. The van der Waals surface area contributed by atoms with Crippen LogP contribution in [0, 0.1) is 0 Å². The fraction of sp³-hybridized carbons (Fsp3) is 0.900. The first-order valence-corrected chi connectivity index (χ1v) is 5.45. The largest absolute Gasteiger partial charge is 0.480 e. The van der Waals surface area contributed by atoms with Crippen molar-refractivity contribution in [3.63, 3.8) is 0 Å². The molecule has 0 rings (SSSR count). The maximum atomic E-state index is 10.3. The van der Waals surface area contributed by atoms with Gasteiger partial charge in [-0.2, -0.15) is 0 Å². The molecule has 0 amide bonds. The minimum atomic E-state index is -0.971. The molecule has 0 saturated heterocycles. The highest BCUT2D eigenvalue weighted by Gasteiger charge is 2.09. The SMILES string of the molecule is CCCCOCCCNCC(N)C(=O)O. The Bertz CT molecular complexity index is 165. The summed E-state index contributed by atoms with van der Waals surface area (Å²) in [4.78, 5) is 10.3. The zero-order valence-electron chi connectivity index (χ0n) is 9.37. The molecule has 0 bridgehead atoms. The number of nitrogens with one attached hydrogen (secondary N) is 1. The van der Waals surface area contributed by atoms with Crippen molar-refractivity contribution in [2.24, 2.45) is 5.73 Å². The zero-order valence-corrected chi connectivity index (χ0v) is 9.37. The Labute approximate surface area is 91.0 Å².